The fraction of sp³-hybridized carbons (Fsp3) is 0.0800. The highest BCUT2D eigenvalue weighted by atomic mass is 35.5. The summed E-state index contributed by atoms with van der Waals surface area (Å²) in [5.41, 5.74) is -2.04. The topological polar surface area (TPSA) is 119 Å². The Morgan fingerprint density at radius 3 is 2.33 bits per heavy atom. The van der Waals surface area contributed by atoms with Crippen molar-refractivity contribution in [3.8, 4) is 11.5 Å². The van der Waals surface area contributed by atoms with Crippen LogP contribution in [0.2, 0.25) is 10.0 Å². The molecular formula is C25H14Cl2F3N3O6. The molecule has 1 fully saturated rings. The second-order valence-corrected chi connectivity index (χ2v) is 8.96. The van der Waals surface area contributed by atoms with Gasteiger partial charge in [-0.05, 0) is 61.0 Å². The normalized spacial score (nSPS) is 15.0. The number of benzene rings is 3. The van der Waals surface area contributed by atoms with Crippen LogP contribution in [-0.2, 0) is 15.8 Å². The van der Waals surface area contributed by atoms with Crippen molar-refractivity contribution in [2.24, 2.45) is 0 Å². The zero-order valence-electron chi connectivity index (χ0n) is 19.5. The zero-order valence-corrected chi connectivity index (χ0v) is 21.0. The highest BCUT2D eigenvalue weighted by Crippen LogP contribution is 2.39. The number of nitro benzene ring substituents is 1. The summed E-state index contributed by atoms with van der Waals surface area (Å²) in [5.74, 6) is -2.79. The van der Waals surface area contributed by atoms with Gasteiger partial charge in [-0.25, -0.2) is 9.69 Å². The van der Waals surface area contributed by atoms with Gasteiger partial charge in [0.15, 0.2) is 0 Å². The van der Waals surface area contributed by atoms with Gasteiger partial charge in [0.05, 0.1) is 16.2 Å². The van der Waals surface area contributed by atoms with Gasteiger partial charge in [-0.15, -0.1) is 0 Å². The molecule has 9 nitrogen and oxygen atoms in total. The molecule has 1 N–H and O–H groups in total. The third-order valence-corrected chi connectivity index (χ3v) is 6.13. The molecule has 0 atom stereocenters. The molecule has 0 spiro atoms. The average molecular weight is 580 g/mol. The number of carbonyl (C=O) groups excluding carboxylic acids is 3. The molecule has 4 rings (SSSR count). The molecule has 0 radical (unpaired) electrons. The number of carbonyl (C=O) groups is 3. The Kier molecular flexibility index (Phi) is 7.35. The lowest BCUT2D eigenvalue weighted by atomic mass is 10.1. The number of amides is 4. The maximum absolute atomic E-state index is 13.2. The number of nitro groups is 1. The first-order chi connectivity index (χ1) is 18.3. The molecule has 1 saturated heterocycles. The summed E-state index contributed by atoms with van der Waals surface area (Å²) in [4.78, 5) is 49.4. The van der Waals surface area contributed by atoms with Gasteiger partial charge in [0.1, 0.15) is 11.3 Å². The molecule has 0 bridgehead atoms. The van der Waals surface area contributed by atoms with Gasteiger partial charge in [-0.2, -0.15) is 13.2 Å². The van der Waals surface area contributed by atoms with Crippen molar-refractivity contribution < 1.29 is 37.2 Å². The second-order valence-electron chi connectivity index (χ2n) is 8.11. The molecule has 200 valence electrons. The van der Waals surface area contributed by atoms with Crippen LogP contribution in [-0.4, -0.2) is 22.8 Å². The van der Waals surface area contributed by atoms with Crippen LogP contribution in [0, 0.1) is 17.0 Å². The summed E-state index contributed by atoms with van der Waals surface area (Å²) >= 11 is 12.2. The maximum Gasteiger partial charge on any atom is 0.416 e. The molecule has 1 heterocycles. The quantitative estimate of drug-likeness (QED) is 0.156. The Morgan fingerprint density at radius 1 is 1.00 bits per heavy atom. The Hall–Kier alpha value is -4.42. The number of hydrogen-bond acceptors (Lipinski definition) is 6. The van der Waals surface area contributed by atoms with Crippen molar-refractivity contribution in [3.05, 3.63) is 97.0 Å². The number of nitrogens with one attached hydrogen (secondary N) is 1. The molecule has 39 heavy (non-hydrogen) atoms. The predicted molar refractivity (Wildman–Crippen MR) is 135 cm³/mol. The average Bonchev–Trinajstić information content (AvgIpc) is 2.84. The van der Waals surface area contributed by atoms with Gasteiger partial charge in [-0.1, -0.05) is 29.3 Å². The first-order valence-corrected chi connectivity index (χ1v) is 11.5. The van der Waals surface area contributed by atoms with E-state index in [1.807, 2.05) is 5.32 Å². The van der Waals surface area contributed by atoms with Crippen molar-refractivity contribution in [2.75, 3.05) is 4.90 Å². The molecule has 14 heteroatoms. The number of rotatable bonds is 5. The van der Waals surface area contributed by atoms with Crippen molar-refractivity contribution in [3.63, 3.8) is 0 Å². The van der Waals surface area contributed by atoms with Crippen LogP contribution in [0.15, 0.2) is 60.2 Å². The van der Waals surface area contributed by atoms with Crippen LogP contribution in [0.1, 0.15) is 16.7 Å². The number of aryl methyl sites for hydroxylation is 1. The number of hydrogen-bond donors (Lipinski definition) is 1. The number of anilines is 1. The Balaban J connectivity index is 1.77. The van der Waals surface area contributed by atoms with Crippen LogP contribution >= 0.6 is 23.2 Å². The number of nitrogens with zero attached hydrogens (tertiary/aromatic N) is 2. The van der Waals surface area contributed by atoms with E-state index in [0.29, 0.717) is 22.6 Å². The van der Waals surface area contributed by atoms with Gasteiger partial charge < -0.3 is 4.74 Å². The zero-order chi connectivity index (χ0) is 28.6. The highest BCUT2D eigenvalue weighted by Gasteiger charge is 2.37. The van der Waals surface area contributed by atoms with Crippen LogP contribution in [0.3, 0.4) is 0 Å². The minimum Gasteiger partial charge on any atom is -0.449 e. The van der Waals surface area contributed by atoms with E-state index in [-0.39, 0.29) is 27.0 Å². The van der Waals surface area contributed by atoms with E-state index in [0.717, 1.165) is 12.1 Å². The molecule has 0 unspecified atom stereocenters. The summed E-state index contributed by atoms with van der Waals surface area (Å²) in [5, 5.41) is 13.9. The smallest absolute Gasteiger partial charge is 0.416 e. The maximum atomic E-state index is 13.2. The molecule has 3 aromatic rings. The van der Waals surface area contributed by atoms with Crippen LogP contribution in [0.5, 0.6) is 11.5 Å². The van der Waals surface area contributed by atoms with E-state index < -0.39 is 51.5 Å². The first-order valence-electron chi connectivity index (χ1n) is 10.8. The highest BCUT2D eigenvalue weighted by molar-refractivity contribution is 6.39. The molecule has 3 aromatic carbocycles. The van der Waals surface area contributed by atoms with E-state index in [9.17, 15) is 37.7 Å². The number of barbiturate groups is 1. The minimum absolute atomic E-state index is 0.0357. The molecular weight excluding hydrogens is 566 g/mol. The fourth-order valence-corrected chi connectivity index (χ4v) is 3.89. The van der Waals surface area contributed by atoms with E-state index in [4.69, 9.17) is 27.9 Å². The summed E-state index contributed by atoms with van der Waals surface area (Å²) in [6.45, 7) is 1.71. The molecule has 0 aromatic heterocycles. The van der Waals surface area contributed by atoms with Crippen molar-refractivity contribution in [1.82, 2.24) is 5.32 Å². The number of urea groups is 1. The summed E-state index contributed by atoms with van der Waals surface area (Å²) in [6, 6.07) is 8.86. The third kappa shape index (κ3) is 5.71. The van der Waals surface area contributed by atoms with Crippen molar-refractivity contribution in [2.45, 2.75) is 13.1 Å². The Morgan fingerprint density at radius 2 is 1.69 bits per heavy atom. The van der Waals surface area contributed by atoms with Gasteiger partial charge in [0.2, 0.25) is 5.75 Å². The number of halogens is 5. The number of alkyl halides is 3. The summed E-state index contributed by atoms with van der Waals surface area (Å²) in [6.07, 6.45) is -3.80. The van der Waals surface area contributed by atoms with Crippen LogP contribution in [0.4, 0.5) is 29.3 Å². The fourth-order valence-electron chi connectivity index (χ4n) is 3.53. The van der Waals surface area contributed by atoms with E-state index in [1.165, 1.54) is 30.3 Å². The molecule has 1 aliphatic heterocycles. The van der Waals surface area contributed by atoms with Gasteiger partial charge in [0, 0.05) is 21.7 Å². The largest absolute Gasteiger partial charge is 0.449 e. The Labute approximate surface area is 227 Å². The summed E-state index contributed by atoms with van der Waals surface area (Å²) < 4.78 is 44.7. The molecule has 0 saturated carbocycles. The third-order valence-electron chi connectivity index (χ3n) is 5.49. The number of ether oxygens (including phenoxy) is 1. The lowest BCUT2D eigenvalue weighted by molar-refractivity contribution is -0.385. The monoisotopic (exact) mass is 579 g/mol. The van der Waals surface area contributed by atoms with E-state index in [1.54, 1.807) is 13.0 Å². The van der Waals surface area contributed by atoms with Crippen LogP contribution < -0.4 is 15.0 Å². The second kappa shape index (κ2) is 10.4. The van der Waals surface area contributed by atoms with Crippen molar-refractivity contribution >= 4 is 58.5 Å². The lowest BCUT2D eigenvalue weighted by Crippen LogP contribution is -2.54. The predicted octanol–water partition coefficient (Wildman–Crippen LogP) is 6.69. The number of imide groups is 2. The van der Waals surface area contributed by atoms with Gasteiger partial charge >= 0.3 is 17.9 Å². The van der Waals surface area contributed by atoms with Crippen molar-refractivity contribution in [1.29, 1.82) is 0 Å². The SMILES string of the molecule is Cc1ccc(N2C(=O)NC(=O)/C(=C\c3cc(Cl)ccc3Oc3ccc(C(F)(F)F)cc3[N+](=O)[O-])C2=O)cc1Cl. The van der Waals surface area contributed by atoms with Gasteiger partial charge in [-0.3, -0.25) is 25.0 Å². The van der Waals surface area contributed by atoms with Crippen LogP contribution in [0.25, 0.3) is 6.08 Å². The van der Waals surface area contributed by atoms with E-state index in [2.05, 4.69) is 0 Å². The minimum atomic E-state index is -4.83. The summed E-state index contributed by atoms with van der Waals surface area (Å²) in [7, 11) is 0. The molecule has 0 aliphatic carbocycles. The lowest BCUT2D eigenvalue weighted by Gasteiger charge is -2.26. The Bertz CT molecular complexity index is 1590. The van der Waals surface area contributed by atoms with E-state index >= 15 is 0 Å². The molecule has 1 aliphatic rings. The molecule has 4 amide bonds. The first kappa shape index (κ1) is 27.6. The standard InChI is InChI=1S/C25H14Cl2F3N3O6/c1-12-2-5-16(11-18(12)27)32-23(35)17(22(34)31-24(32)36)9-13-8-15(26)4-7-20(13)39-21-6-3-14(25(28,29)30)10-19(21)33(37)38/h2-11H,1H3,(H,31,34,36)/b17-9+. The van der Waals surface area contributed by atoms with Gasteiger partial charge in [0.25, 0.3) is 11.8 Å².